The summed E-state index contributed by atoms with van der Waals surface area (Å²) in [6.45, 7) is 0. The van der Waals surface area contributed by atoms with E-state index < -0.39 is 32.6 Å². The van der Waals surface area contributed by atoms with Crippen molar-refractivity contribution in [3.8, 4) is 0 Å². The minimum atomic E-state index is -4.81. The van der Waals surface area contributed by atoms with Crippen molar-refractivity contribution in [1.82, 2.24) is 0 Å². The largest absolute Gasteiger partial charge is 0.416 e. The minimum absolute atomic E-state index is 0.192. The lowest BCUT2D eigenvalue weighted by atomic mass is 10.2. The smallest absolute Gasteiger partial charge is 0.258 e. The first-order valence-corrected chi connectivity index (χ1v) is 4.23. The van der Waals surface area contributed by atoms with Crippen LogP contribution in [0, 0.1) is 15.9 Å². The Hall–Kier alpha value is -1.18. The van der Waals surface area contributed by atoms with Crippen LogP contribution >= 0.6 is 15.9 Å². The summed E-state index contributed by atoms with van der Waals surface area (Å²) in [5.74, 6) is -1.32. The predicted octanol–water partition coefficient (Wildman–Crippen LogP) is 3.52. The fourth-order valence-corrected chi connectivity index (χ4v) is 1.24. The number of nitro groups is 1. The second-order valence-electron chi connectivity index (χ2n) is 2.55. The topological polar surface area (TPSA) is 43.1 Å². The third-order valence-corrected chi connectivity index (χ3v) is 2.32. The van der Waals surface area contributed by atoms with E-state index >= 15 is 0 Å². The minimum Gasteiger partial charge on any atom is -0.258 e. The molecule has 0 amide bonds. The van der Waals surface area contributed by atoms with Crippen LogP contribution < -0.4 is 0 Å². The lowest BCUT2D eigenvalue weighted by Crippen LogP contribution is -2.07. The first kappa shape index (κ1) is 11.9. The van der Waals surface area contributed by atoms with Crippen LogP contribution in [-0.2, 0) is 6.18 Å². The average molecular weight is 288 g/mol. The van der Waals surface area contributed by atoms with Crippen LogP contribution in [0.15, 0.2) is 16.6 Å². The molecule has 0 saturated carbocycles. The molecular formula is C7H2BrF4NO2. The summed E-state index contributed by atoms with van der Waals surface area (Å²) in [6, 6.07) is 0.463. The Kier molecular flexibility index (Phi) is 2.98. The molecule has 1 rings (SSSR count). The van der Waals surface area contributed by atoms with Gasteiger partial charge in [0.15, 0.2) is 0 Å². The lowest BCUT2D eigenvalue weighted by Gasteiger charge is -2.07. The zero-order chi connectivity index (χ0) is 11.8. The van der Waals surface area contributed by atoms with Crippen LogP contribution in [0.4, 0.5) is 23.2 Å². The van der Waals surface area contributed by atoms with Crippen LogP contribution in [-0.4, -0.2) is 4.92 Å². The lowest BCUT2D eigenvalue weighted by molar-refractivity contribution is -0.386. The van der Waals surface area contributed by atoms with Crippen molar-refractivity contribution < 1.29 is 22.5 Å². The number of hydrogen-bond acceptors (Lipinski definition) is 2. The number of alkyl halides is 3. The van der Waals surface area contributed by atoms with Gasteiger partial charge >= 0.3 is 6.18 Å². The van der Waals surface area contributed by atoms with Crippen LogP contribution in [0.2, 0.25) is 0 Å². The molecule has 0 radical (unpaired) electrons. The van der Waals surface area contributed by atoms with Gasteiger partial charge in [-0.05, 0) is 22.0 Å². The Bertz CT molecular complexity index is 418. The molecule has 1 aromatic rings. The second kappa shape index (κ2) is 3.76. The third kappa shape index (κ3) is 2.44. The molecule has 82 valence electrons. The molecule has 8 heteroatoms. The summed E-state index contributed by atoms with van der Waals surface area (Å²) in [6.07, 6.45) is -4.81. The molecule has 0 aliphatic carbocycles. The highest BCUT2D eigenvalue weighted by Gasteiger charge is 2.34. The molecule has 0 N–H and O–H groups in total. The maximum atomic E-state index is 12.9. The van der Waals surface area contributed by atoms with Crippen molar-refractivity contribution in [1.29, 1.82) is 0 Å². The van der Waals surface area contributed by atoms with Crippen LogP contribution in [0.5, 0.6) is 0 Å². The first-order chi connectivity index (χ1) is 6.73. The average Bonchev–Trinajstić information content (AvgIpc) is 2.06. The van der Waals surface area contributed by atoms with E-state index in [4.69, 9.17) is 0 Å². The van der Waals surface area contributed by atoms with E-state index in [1.54, 1.807) is 0 Å². The maximum Gasteiger partial charge on any atom is 0.416 e. The number of benzene rings is 1. The highest BCUT2D eigenvalue weighted by Crippen LogP contribution is 2.36. The van der Waals surface area contributed by atoms with Gasteiger partial charge in [0, 0.05) is 6.07 Å². The van der Waals surface area contributed by atoms with Gasteiger partial charge in [0.2, 0.25) is 0 Å². The highest BCUT2D eigenvalue weighted by molar-refractivity contribution is 9.10. The number of nitrogens with zero attached hydrogens (tertiary/aromatic N) is 1. The molecule has 0 fully saturated rings. The molecule has 0 bridgehead atoms. The van der Waals surface area contributed by atoms with Gasteiger partial charge in [-0.2, -0.15) is 13.2 Å². The molecule has 0 unspecified atom stereocenters. The number of halogens is 5. The molecule has 3 nitrogen and oxygen atoms in total. The van der Waals surface area contributed by atoms with Gasteiger partial charge in [-0.3, -0.25) is 10.1 Å². The van der Waals surface area contributed by atoms with Gasteiger partial charge in [-0.15, -0.1) is 0 Å². The zero-order valence-electron chi connectivity index (χ0n) is 6.81. The third-order valence-electron chi connectivity index (χ3n) is 1.53. The van der Waals surface area contributed by atoms with Crippen molar-refractivity contribution >= 4 is 21.6 Å². The van der Waals surface area contributed by atoms with Gasteiger partial charge in [-0.25, -0.2) is 4.39 Å². The zero-order valence-corrected chi connectivity index (χ0v) is 8.39. The van der Waals surface area contributed by atoms with E-state index in [1.165, 1.54) is 0 Å². The summed E-state index contributed by atoms with van der Waals surface area (Å²) >= 11 is 2.50. The van der Waals surface area contributed by atoms with Crippen molar-refractivity contribution in [2.24, 2.45) is 0 Å². The molecular weight excluding hydrogens is 286 g/mol. The Morgan fingerprint density at radius 3 is 2.27 bits per heavy atom. The molecule has 0 atom stereocenters. The Morgan fingerprint density at radius 1 is 1.33 bits per heavy atom. The molecule has 0 aromatic heterocycles. The van der Waals surface area contributed by atoms with E-state index in [0.717, 1.165) is 0 Å². The Labute approximate surface area is 89.0 Å². The summed E-state index contributed by atoms with van der Waals surface area (Å²) in [5, 5.41) is 10.3. The molecule has 15 heavy (non-hydrogen) atoms. The van der Waals surface area contributed by atoms with Crippen LogP contribution in [0.1, 0.15) is 5.56 Å². The molecule has 0 aliphatic heterocycles. The van der Waals surface area contributed by atoms with Gasteiger partial charge in [0.1, 0.15) is 10.3 Å². The van der Waals surface area contributed by atoms with E-state index in [1.807, 2.05) is 0 Å². The molecule has 0 spiro atoms. The second-order valence-corrected chi connectivity index (χ2v) is 3.34. The Balaban J connectivity index is 3.43. The quantitative estimate of drug-likeness (QED) is 0.451. The maximum absolute atomic E-state index is 12.9. The van der Waals surface area contributed by atoms with Crippen molar-refractivity contribution in [2.45, 2.75) is 6.18 Å². The number of hydrogen-bond donors (Lipinski definition) is 0. The van der Waals surface area contributed by atoms with E-state index in [0.29, 0.717) is 0 Å². The van der Waals surface area contributed by atoms with Crippen molar-refractivity contribution in [2.75, 3.05) is 0 Å². The summed E-state index contributed by atoms with van der Waals surface area (Å²) in [4.78, 5) is 9.20. The van der Waals surface area contributed by atoms with Gasteiger partial charge in [0.25, 0.3) is 5.69 Å². The van der Waals surface area contributed by atoms with E-state index in [-0.39, 0.29) is 12.1 Å². The highest BCUT2D eigenvalue weighted by atomic mass is 79.9. The van der Waals surface area contributed by atoms with Gasteiger partial charge in [-0.1, -0.05) is 0 Å². The summed E-state index contributed by atoms with van der Waals surface area (Å²) in [7, 11) is 0. The fraction of sp³-hybridized carbons (Fsp3) is 0.143. The van der Waals surface area contributed by atoms with Gasteiger partial charge < -0.3 is 0 Å². The monoisotopic (exact) mass is 287 g/mol. The molecule has 1 aromatic carbocycles. The molecule has 0 aliphatic rings. The number of nitro benzene ring substituents is 1. The predicted molar refractivity (Wildman–Crippen MR) is 45.8 cm³/mol. The van der Waals surface area contributed by atoms with Crippen molar-refractivity contribution in [3.05, 3.63) is 38.1 Å². The Morgan fingerprint density at radius 2 is 1.87 bits per heavy atom. The summed E-state index contributed by atoms with van der Waals surface area (Å²) < 4.78 is 48.7. The molecule has 0 heterocycles. The number of rotatable bonds is 1. The SMILES string of the molecule is O=[N+]([O-])c1cc(C(F)(F)F)cc(F)c1Br. The normalized spacial score (nSPS) is 11.5. The fourth-order valence-electron chi connectivity index (χ4n) is 0.871. The van der Waals surface area contributed by atoms with E-state index in [9.17, 15) is 27.7 Å². The standard InChI is InChI=1S/C7H2BrF4NO2/c8-6-4(9)1-3(7(10,11)12)2-5(6)13(14)15/h1-2H. The van der Waals surface area contributed by atoms with Crippen molar-refractivity contribution in [3.63, 3.8) is 0 Å². The van der Waals surface area contributed by atoms with Gasteiger partial charge in [0.05, 0.1) is 10.5 Å². The molecule has 0 saturated heterocycles. The summed E-state index contributed by atoms with van der Waals surface area (Å²) in [5.41, 5.74) is -2.35. The van der Waals surface area contributed by atoms with Crippen LogP contribution in [0.3, 0.4) is 0 Å². The van der Waals surface area contributed by atoms with E-state index in [2.05, 4.69) is 15.9 Å². The van der Waals surface area contributed by atoms with Crippen LogP contribution in [0.25, 0.3) is 0 Å². The first-order valence-electron chi connectivity index (χ1n) is 3.44.